The molecule has 0 spiro atoms. The van der Waals surface area contributed by atoms with E-state index in [-0.39, 0.29) is 11.2 Å². The maximum atomic E-state index is 12.1. The molecule has 7 heteroatoms. The first-order valence-corrected chi connectivity index (χ1v) is 7.42. The number of rotatable bonds is 5. The van der Waals surface area contributed by atoms with Gasteiger partial charge in [-0.3, -0.25) is 4.79 Å². The number of carbonyl (C=O) groups excluding carboxylic acids is 1. The van der Waals surface area contributed by atoms with E-state index < -0.39 is 0 Å². The monoisotopic (exact) mass is 289 g/mol. The van der Waals surface area contributed by atoms with E-state index in [1.54, 1.807) is 0 Å². The van der Waals surface area contributed by atoms with Crippen LogP contribution in [-0.4, -0.2) is 31.4 Å². The minimum absolute atomic E-state index is 0.0495. The molecule has 0 radical (unpaired) electrons. The van der Waals surface area contributed by atoms with Crippen LogP contribution in [0.5, 0.6) is 0 Å². The molecule has 1 unspecified atom stereocenters. The summed E-state index contributed by atoms with van der Waals surface area (Å²) in [6.45, 7) is 1.86. The molecule has 3 rings (SSSR count). The van der Waals surface area contributed by atoms with Crippen LogP contribution in [0.4, 0.5) is 5.69 Å². The first-order chi connectivity index (χ1) is 9.74. The zero-order chi connectivity index (χ0) is 13.9. The fourth-order valence-corrected chi connectivity index (χ4v) is 2.65. The zero-order valence-electron chi connectivity index (χ0n) is 11.1. The summed E-state index contributed by atoms with van der Waals surface area (Å²) in [7, 11) is 0. The summed E-state index contributed by atoms with van der Waals surface area (Å²) in [5.74, 6) is -0.0495. The number of para-hydroxylation sites is 1. The van der Waals surface area contributed by atoms with Gasteiger partial charge in [0.25, 0.3) is 0 Å². The maximum absolute atomic E-state index is 12.1. The van der Waals surface area contributed by atoms with E-state index in [0.29, 0.717) is 11.2 Å². The lowest BCUT2D eigenvalue weighted by Crippen LogP contribution is -2.22. The van der Waals surface area contributed by atoms with Gasteiger partial charge in [-0.2, -0.15) is 0 Å². The van der Waals surface area contributed by atoms with E-state index in [1.165, 1.54) is 11.8 Å². The highest BCUT2D eigenvalue weighted by Crippen LogP contribution is 2.37. The number of anilines is 1. The Morgan fingerprint density at radius 3 is 2.85 bits per heavy atom. The Morgan fingerprint density at radius 2 is 2.15 bits per heavy atom. The highest BCUT2D eigenvalue weighted by Gasteiger charge is 2.29. The molecule has 0 aliphatic heterocycles. The van der Waals surface area contributed by atoms with Crippen LogP contribution < -0.4 is 5.32 Å². The molecule has 1 N–H and O–H groups in total. The van der Waals surface area contributed by atoms with E-state index in [9.17, 15) is 4.79 Å². The highest BCUT2D eigenvalue weighted by molar-refractivity contribution is 8.00. The molecular weight excluding hydrogens is 274 g/mol. The second-order valence-electron chi connectivity index (χ2n) is 4.75. The van der Waals surface area contributed by atoms with Crippen molar-refractivity contribution in [1.82, 2.24) is 20.2 Å². The van der Waals surface area contributed by atoms with Crippen LogP contribution in [0.3, 0.4) is 0 Å². The third-order valence-electron chi connectivity index (χ3n) is 3.05. The van der Waals surface area contributed by atoms with Gasteiger partial charge in [0.15, 0.2) is 0 Å². The molecule has 1 saturated carbocycles. The van der Waals surface area contributed by atoms with Gasteiger partial charge in [0, 0.05) is 5.69 Å². The lowest BCUT2D eigenvalue weighted by atomic mass is 10.3. The average Bonchev–Trinajstić information content (AvgIpc) is 3.20. The smallest absolute Gasteiger partial charge is 0.237 e. The fourth-order valence-electron chi connectivity index (χ4n) is 1.79. The molecular formula is C13H15N5OS. The van der Waals surface area contributed by atoms with Gasteiger partial charge in [-0.15, -0.1) is 5.10 Å². The van der Waals surface area contributed by atoms with Crippen LogP contribution in [0, 0.1) is 0 Å². The minimum Gasteiger partial charge on any atom is -0.325 e. The van der Waals surface area contributed by atoms with E-state index in [4.69, 9.17) is 0 Å². The van der Waals surface area contributed by atoms with Gasteiger partial charge in [-0.05, 0) is 42.3 Å². The Kier molecular flexibility index (Phi) is 3.68. The van der Waals surface area contributed by atoms with Crippen molar-refractivity contribution in [3.05, 3.63) is 30.3 Å². The summed E-state index contributed by atoms with van der Waals surface area (Å²) in [5.41, 5.74) is 0.798. The number of carbonyl (C=O) groups is 1. The van der Waals surface area contributed by atoms with Gasteiger partial charge in [0.2, 0.25) is 11.1 Å². The van der Waals surface area contributed by atoms with E-state index in [0.717, 1.165) is 18.5 Å². The average molecular weight is 289 g/mol. The first kappa shape index (κ1) is 13.1. The molecule has 1 aliphatic carbocycles. The van der Waals surface area contributed by atoms with Gasteiger partial charge in [-0.1, -0.05) is 30.0 Å². The normalized spacial score (nSPS) is 15.8. The largest absolute Gasteiger partial charge is 0.325 e. The third-order valence-corrected chi connectivity index (χ3v) is 4.10. The van der Waals surface area contributed by atoms with Crippen molar-refractivity contribution >= 4 is 23.4 Å². The van der Waals surface area contributed by atoms with Crippen molar-refractivity contribution in [3.8, 4) is 0 Å². The summed E-state index contributed by atoms with van der Waals surface area (Å²) >= 11 is 1.39. The Labute approximate surface area is 120 Å². The van der Waals surface area contributed by atoms with E-state index >= 15 is 0 Å². The van der Waals surface area contributed by atoms with Gasteiger partial charge in [-0.25, -0.2) is 4.68 Å². The SMILES string of the molecule is CC(Sc1nnnn1C1CC1)C(=O)Nc1ccccc1. The molecule has 1 heterocycles. The number of nitrogens with zero attached hydrogens (tertiary/aromatic N) is 4. The topological polar surface area (TPSA) is 72.7 Å². The summed E-state index contributed by atoms with van der Waals surface area (Å²) < 4.78 is 1.82. The molecule has 1 aromatic carbocycles. The molecule has 1 aromatic heterocycles. The minimum atomic E-state index is -0.251. The Morgan fingerprint density at radius 1 is 1.40 bits per heavy atom. The summed E-state index contributed by atoms with van der Waals surface area (Å²) in [5, 5.41) is 15.0. The number of tetrazole rings is 1. The lowest BCUT2D eigenvalue weighted by Gasteiger charge is -2.11. The van der Waals surface area contributed by atoms with E-state index in [1.807, 2.05) is 41.9 Å². The van der Waals surface area contributed by atoms with Crippen molar-refractivity contribution in [2.75, 3.05) is 5.32 Å². The maximum Gasteiger partial charge on any atom is 0.237 e. The molecule has 6 nitrogen and oxygen atoms in total. The van der Waals surface area contributed by atoms with Crippen molar-refractivity contribution in [2.45, 2.75) is 36.2 Å². The van der Waals surface area contributed by atoms with Crippen molar-refractivity contribution in [3.63, 3.8) is 0 Å². The lowest BCUT2D eigenvalue weighted by molar-refractivity contribution is -0.115. The number of thioether (sulfide) groups is 1. The Balaban J connectivity index is 1.62. The first-order valence-electron chi connectivity index (χ1n) is 6.54. The van der Waals surface area contributed by atoms with Gasteiger partial charge >= 0.3 is 0 Å². The van der Waals surface area contributed by atoms with Crippen LogP contribution >= 0.6 is 11.8 Å². The van der Waals surface area contributed by atoms with Crippen LogP contribution in [0.1, 0.15) is 25.8 Å². The molecule has 2 aromatic rings. The summed E-state index contributed by atoms with van der Waals surface area (Å²) in [6.07, 6.45) is 2.23. The summed E-state index contributed by atoms with van der Waals surface area (Å²) in [6, 6.07) is 9.84. The number of hydrogen-bond acceptors (Lipinski definition) is 5. The number of aromatic nitrogens is 4. The molecule has 20 heavy (non-hydrogen) atoms. The Hall–Kier alpha value is -1.89. The van der Waals surface area contributed by atoms with Crippen molar-refractivity contribution in [1.29, 1.82) is 0 Å². The van der Waals surface area contributed by atoms with Crippen molar-refractivity contribution < 1.29 is 4.79 Å². The molecule has 0 bridgehead atoms. The van der Waals surface area contributed by atoms with Gasteiger partial charge in [0.05, 0.1) is 11.3 Å². The quantitative estimate of drug-likeness (QED) is 0.854. The number of benzene rings is 1. The number of hydrogen-bond donors (Lipinski definition) is 1. The fraction of sp³-hybridized carbons (Fsp3) is 0.385. The van der Waals surface area contributed by atoms with Crippen LogP contribution in [0.15, 0.2) is 35.5 Å². The standard InChI is InChI=1S/C13H15N5OS/c1-9(12(19)14-10-5-3-2-4-6-10)20-13-15-16-17-18(13)11-7-8-11/h2-6,9,11H,7-8H2,1H3,(H,14,19). The van der Waals surface area contributed by atoms with Crippen LogP contribution in [0.25, 0.3) is 0 Å². The summed E-state index contributed by atoms with van der Waals surface area (Å²) in [4.78, 5) is 12.1. The highest BCUT2D eigenvalue weighted by atomic mass is 32.2. The van der Waals surface area contributed by atoms with Gasteiger partial charge < -0.3 is 5.32 Å². The molecule has 1 atom stereocenters. The molecule has 104 valence electrons. The molecule has 1 fully saturated rings. The number of amides is 1. The second kappa shape index (κ2) is 5.62. The predicted octanol–water partition coefficient (Wildman–Crippen LogP) is 2.13. The van der Waals surface area contributed by atoms with Gasteiger partial charge in [0.1, 0.15) is 0 Å². The van der Waals surface area contributed by atoms with E-state index in [2.05, 4.69) is 20.8 Å². The Bertz CT molecular complexity index is 596. The molecule has 1 amide bonds. The third kappa shape index (κ3) is 2.98. The number of nitrogens with one attached hydrogen (secondary N) is 1. The second-order valence-corrected chi connectivity index (χ2v) is 6.06. The van der Waals surface area contributed by atoms with Crippen LogP contribution in [-0.2, 0) is 4.79 Å². The molecule has 1 aliphatic rings. The zero-order valence-corrected chi connectivity index (χ0v) is 11.9. The van der Waals surface area contributed by atoms with Crippen LogP contribution in [0.2, 0.25) is 0 Å². The molecule has 0 saturated heterocycles. The van der Waals surface area contributed by atoms with Crippen molar-refractivity contribution in [2.24, 2.45) is 0 Å². The predicted molar refractivity (Wildman–Crippen MR) is 76.5 cm³/mol.